The van der Waals surface area contributed by atoms with Crippen molar-refractivity contribution in [2.75, 3.05) is 27.2 Å². The van der Waals surface area contributed by atoms with E-state index in [0.717, 1.165) is 18.2 Å². The highest BCUT2D eigenvalue weighted by Crippen LogP contribution is 2.30. The molecule has 1 unspecified atom stereocenters. The number of carbonyl (C=O) groups excluding carboxylic acids is 2. The number of amides is 1. The molecule has 41 heavy (non-hydrogen) atoms. The largest absolute Gasteiger partial charge is 0.489 e. The molecule has 1 amide bonds. The van der Waals surface area contributed by atoms with Crippen molar-refractivity contribution in [2.24, 2.45) is 0 Å². The summed E-state index contributed by atoms with van der Waals surface area (Å²) in [4.78, 5) is 28.4. The highest BCUT2D eigenvalue weighted by Gasteiger charge is 2.29. The van der Waals surface area contributed by atoms with Gasteiger partial charge in [-0.1, -0.05) is 12.1 Å². The van der Waals surface area contributed by atoms with E-state index in [1.54, 1.807) is 19.1 Å². The zero-order valence-corrected chi connectivity index (χ0v) is 22.9. The standard InChI is InChI=1S/C32H30F4N2O3/c1-19-12-20(4-7-26(19)33)13-23-16-25(17-24(31(23)39)14-21-5-8-27(34)28(35)15-21)37-32(40)22-6-9-30(29(36)18-22)41-11-10-38(2)3/h4-9,12-15,18,25H,10-11,16-17H2,1-3H3,(H,37,40)/b23-13+,24-14+. The van der Waals surface area contributed by atoms with Gasteiger partial charge in [-0.15, -0.1) is 0 Å². The summed E-state index contributed by atoms with van der Waals surface area (Å²) in [7, 11) is 3.73. The van der Waals surface area contributed by atoms with Gasteiger partial charge in [0.25, 0.3) is 5.91 Å². The number of nitrogens with one attached hydrogen (secondary N) is 1. The van der Waals surface area contributed by atoms with Gasteiger partial charge in [0, 0.05) is 29.3 Å². The Balaban J connectivity index is 1.59. The molecule has 4 rings (SSSR count). The third kappa shape index (κ3) is 7.70. The lowest BCUT2D eigenvalue weighted by Crippen LogP contribution is -2.39. The average Bonchev–Trinajstić information content (AvgIpc) is 2.91. The first-order valence-electron chi connectivity index (χ1n) is 13.0. The highest BCUT2D eigenvalue weighted by molar-refractivity contribution is 6.14. The number of benzene rings is 3. The second kappa shape index (κ2) is 13.0. The van der Waals surface area contributed by atoms with Gasteiger partial charge < -0.3 is 15.0 Å². The molecule has 0 aromatic heterocycles. The van der Waals surface area contributed by atoms with E-state index in [4.69, 9.17) is 4.74 Å². The molecule has 5 nitrogen and oxygen atoms in total. The summed E-state index contributed by atoms with van der Waals surface area (Å²) >= 11 is 0. The molecule has 1 N–H and O–H groups in total. The van der Waals surface area contributed by atoms with Crippen molar-refractivity contribution in [3.8, 4) is 5.75 Å². The Bertz CT molecular complexity index is 1460. The van der Waals surface area contributed by atoms with Gasteiger partial charge in [0.1, 0.15) is 12.4 Å². The monoisotopic (exact) mass is 566 g/mol. The van der Waals surface area contributed by atoms with Crippen LogP contribution in [0, 0.1) is 30.2 Å². The van der Waals surface area contributed by atoms with Gasteiger partial charge in [0.05, 0.1) is 0 Å². The molecule has 0 bridgehead atoms. The molecule has 1 saturated carbocycles. The summed E-state index contributed by atoms with van der Waals surface area (Å²) in [6.07, 6.45) is 3.33. The fraction of sp³-hybridized carbons (Fsp3) is 0.250. The Morgan fingerprint density at radius 3 is 2.10 bits per heavy atom. The maximum atomic E-state index is 14.6. The maximum Gasteiger partial charge on any atom is 0.251 e. The van der Waals surface area contributed by atoms with Gasteiger partial charge in [0.2, 0.25) is 0 Å². The molecule has 9 heteroatoms. The fourth-order valence-electron chi connectivity index (χ4n) is 4.47. The molecule has 1 aliphatic carbocycles. The van der Waals surface area contributed by atoms with Crippen molar-refractivity contribution < 1.29 is 31.9 Å². The van der Waals surface area contributed by atoms with Gasteiger partial charge in [-0.3, -0.25) is 9.59 Å². The van der Waals surface area contributed by atoms with Crippen molar-refractivity contribution in [3.63, 3.8) is 0 Å². The smallest absolute Gasteiger partial charge is 0.251 e. The Morgan fingerprint density at radius 1 is 0.878 bits per heavy atom. The zero-order valence-electron chi connectivity index (χ0n) is 22.9. The van der Waals surface area contributed by atoms with E-state index in [0.29, 0.717) is 23.2 Å². The number of likely N-dealkylation sites (N-methyl/N-ethyl adjacent to an activating group) is 1. The molecule has 0 radical (unpaired) electrons. The molecule has 1 atom stereocenters. The van der Waals surface area contributed by atoms with Crippen molar-refractivity contribution in [2.45, 2.75) is 25.8 Å². The maximum absolute atomic E-state index is 14.6. The van der Waals surface area contributed by atoms with Crippen LogP contribution < -0.4 is 10.1 Å². The second-order valence-corrected chi connectivity index (χ2v) is 10.2. The van der Waals surface area contributed by atoms with Crippen molar-refractivity contribution in [1.29, 1.82) is 0 Å². The number of halogens is 4. The molecular formula is C32H30F4N2O3. The van der Waals surface area contributed by atoms with E-state index in [2.05, 4.69) is 5.32 Å². The average molecular weight is 567 g/mol. The summed E-state index contributed by atoms with van der Waals surface area (Å²) in [5, 5.41) is 2.85. The summed E-state index contributed by atoms with van der Waals surface area (Å²) in [6, 6.07) is 11.1. The normalized spacial score (nSPS) is 17.4. The molecule has 1 fully saturated rings. The number of nitrogens with zero attached hydrogens (tertiary/aromatic N) is 1. The summed E-state index contributed by atoms with van der Waals surface area (Å²) in [5.74, 6) is -3.97. The molecule has 1 aliphatic rings. The van der Waals surface area contributed by atoms with Crippen LogP contribution in [0.4, 0.5) is 17.6 Å². The first-order chi connectivity index (χ1) is 19.5. The Hall–Kier alpha value is -4.24. The summed E-state index contributed by atoms with van der Waals surface area (Å²) < 4.78 is 61.2. The first-order valence-corrected chi connectivity index (χ1v) is 13.0. The number of carbonyl (C=O) groups is 2. The molecule has 0 heterocycles. The fourth-order valence-corrected chi connectivity index (χ4v) is 4.47. The lowest BCUT2D eigenvalue weighted by atomic mass is 9.83. The number of rotatable bonds is 8. The number of hydrogen-bond acceptors (Lipinski definition) is 4. The Morgan fingerprint density at radius 2 is 1.51 bits per heavy atom. The second-order valence-electron chi connectivity index (χ2n) is 10.2. The number of ketones is 1. The van der Waals surface area contributed by atoms with Gasteiger partial charge in [-0.25, -0.2) is 17.6 Å². The van der Waals surface area contributed by atoms with E-state index in [1.807, 2.05) is 19.0 Å². The number of hydrogen-bond donors (Lipinski definition) is 1. The van der Waals surface area contributed by atoms with E-state index in [1.165, 1.54) is 36.4 Å². The molecule has 0 saturated heterocycles. The van der Waals surface area contributed by atoms with Crippen LogP contribution >= 0.6 is 0 Å². The van der Waals surface area contributed by atoms with Crippen molar-refractivity contribution >= 4 is 23.8 Å². The molecule has 0 spiro atoms. The van der Waals surface area contributed by atoms with Crippen molar-refractivity contribution in [3.05, 3.63) is 111 Å². The topological polar surface area (TPSA) is 58.6 Å². The molecule has 3 aromatic rings. The van der Waals surface area contributed by atoms with Gasteiger partial charge in [-0.2, -0.15) is 0 Å². The predicted octanol–water partition coefficient (Wildman–Crippen LogP) is 6.12. The van der Waals surface area contributed by atoms with Crippen LogP contribution in [0.5, 0.6) is 5.75 Å². The molecular weight excluding hydrogens is 536 g/mol. The third-order valence-corrected chi connectivity index (χ3v) is 6.65. The minimum absolute atomic E-state index is 0.0308. The minimum Gasteiger partial charge on any atom is -0.489 e. The van der Waals surface area contributed by atoms with Crippen LogP contribution in [-0.4, -0.2) is 49.9 Å². The summed E-state index contributed by atoms with van der Waals surface area (Å²) in [6.45, 7) is 2.48. The highest BCUT2D eigenvalue weighted by atomic mass is 19.2. The van der Waals surface area contributed by atoms with E-state index in [-0.39, 0.29) is 53.5 Å². The molecule has 214 valence electrons. The van der Waals surface area contributed by atoms with Crippen LogP contribution in [0.2, 0.25) is 0 Å². The van der Waals surface area contributed by atoms with Crippen LogP contribution in [0.25, 0.3) is 12.2 Å². The molecule has 3 aromatic carbocycles. The van der Waals surface area contributed by atoms with E-state index < -0.39 is 29.4 Å². The minimum atomic E-state index is -1.05. The van der Waals surface area contributed by atoms with E-state index >= 15 is 0 Å². The van der Waals surface area contributed by atoms with Crippen LogP contribution in [0.1, 0.15) is 39.9 Å². The molecule has 0 aliphatic heterocycles. The lowest BCUT2D eigenvalue weighted by molar-refractivity contribution is -0.113. The number of ether oxygens (including phenoxy) is 1. The van der Waals surface area contributed by atoms with Crippen LogP contribution in [0.15, 0.2) is 65.7 Å². The van der Waals surface area contributed by atoms with Gasteiger partial charge in [0.15, 0.2) is 29.0 Å². The van der Waals surface area contributed by atoms with Gasteiger partial charge in [-0.05, 0) is 105 Å². The first kappa shape index (κ1) is 29.7. The quantitative estimate of drug-likeness (QED) is 0.264. The lowest BCUT2D eigenvalue weighted by Gasteiger charge is -2.27. The third-order valence-electron chi connectivity index (χ3n) is 6.65. The zero-order chi connectivity index (χ0) is 29.7. The number of aryl methyl sites for hydroxylation is 1. The Kier molecular flexibility index (Phi) is 9.39. The van der Waals surface area contributed by atoms with Crippen LogP contribution in [-0.2, 0) is 4.79 Å². The Labute approximate surface area is 236 Å². The van der Waals surface area contributed by atoms with E-state index in [9.17, 15) is 27.2 Å². The summed E-state index contributed by atoms with van der Waals surface area (Å²) in [5.41, 5.74) is 1.97. The van der Waals surface area contributed by atoms with Crippen LogP contribution in [0.3, 0.4) is 0 Å². The predicted molar refractivity (Wildman–Crippen MR) is 149 cm³/mol. The van der Waals surface area contributed by atoms with Gasteiger partial charge >= 0.3 is 0 Å². The SMILES string of the molecule is Cc1cc(/C=C2\CC(NC(=O)c3ccc(OCCN(C)C)c(F)c3)C/C(=C\c3ccc(F)c(F)c3)C2=O)ccc1F. The van der Waals surface area contributed by atoms with Crippen molar-refractivity contribution in [1.82, 2.24) is 10.2 Å². The number of Topliss-reactive ketones (excluding diaryl/α,β-unsaturated/α-hetero) is 1.